The minimum Gasteiger partial charge on any atom is -0.326 e. The largest absolute Gasteiger partial charge is 0.493 e. The second kappa shape index (κ2) is 5.67. The van der Waals surface area contributed by atoms with E-state index < -0.39 is 22.2 Å². The van der Waals surface area contributed by atoms with Gasteiger partial charge in [0.15, 0.2) is 0 Å². The Hall–Kier alpha value is -1.81. The molecule has 0 radical (unpaired) electrons. The van der Waals surface area contributed by atoms with Crippen LogP contribution in [-0.2, 0) is 26.2 Å². The summed E-state index contributed by atoms with van der Waals surface area (Å²) in [4.78, 5) is 14.7. The lowest BCUT2D eigenvalue weighted by Gasteiger charge is -2.21. The summed E-state index contributed by atoms with van der Waals surface area (Å²) in [6.45, 7) is 0.0403. The summed E-state index contributed by atoms with van der Waals surface area (Å²) in [7, 11) is -4.25. The molecule has 0 spiro atoms. The fourth-order valence-corrected chi connectivity index (χ4v) is 1.94. The third kappa shape index (κ3) is 4.10. The summed E-state index contributed by atoms with van der Waals surface area (Å²) in [5, 5.41) is 0. The van der Waals surface area contributed by atoms with Crippen molar-refractivity contribution < 1.29 is 31.2 Å². The minimum absolute atomic E-state index is 0.0403. The van der Waals surface area contributed by atoms with Crippen molar-refractivity contribution in [1.82, 2.24) is 0 Å². The first-order valence-corrected chi connectivity index (χ1v) is 6.99. The molecule has 0 aliphatic rings. The Bertz CT molecular complexity index is 601. The van der Waals surface area contributed by atoms with E-state index >= 15 is 0 Å². The molecule has 0 aliphatic heterocycles. The summed E-state index contributed by atoms with van der Waals surface area (Å²) in [5.74, 6) is -2.64. The van der Waals surface area contributed by atoms with Gasteiger partial charge in [-0.05, 0) is 17.7 Å². The van der Waals surface area contributed by atoms with Gasteiger partial charge in [-0.2, -0.15) is 13.2 Å². The second-order valence-electron chi connectivity index (χ2n) is 3.74. The smallest absolute Gasteiger partial charge is 0.326 e. The summed E-state index contributed by atoms with van der Waals surface area (Å²) in [6.07, 6.45) is -4.71. The van der Waals surface area contributed by atoms with E-state index in [9.17, 15) is 26.4 Å². The standard InChI is InChI=1S/C10H11F3N2O4S/c1-20(17,18)15(19-9(16)10(11,12)13)8-4-2-3-7(5-8)6-14/h2-5H,6,14H2,1H3. The number of alkyl halides is 3. The maximum absolute atomic E-state index is 12.1. The maximum atomic E-state index is 12.1. The highest BCUT2D eigenvalue weighted by Crippen LogP contribution is 2.23. The van der Waals surface area contributed by atoms with E-state index in [0.29, 0.717) is 11.8 Å². The molecule has 0 fully saturated rings. The SMILES string of the molecule is CS(=O)(=O)N(OC(=O)C(F)(F)F)c1cccc(CN)c1. The van der Waals surface area contributed by atoms with E-state index in [4.69, 9.17) is 5.73 Å². The number of hydrogen-bond donors (Lipinski definition) is 1. The number of carbonyl (C=O) groups excluding carboxylic acids is 1. The molecule has 0 heterocycles. The van der Waals surface area contributed by atoms with Crippen LogP contribution in [0.3, 0.4) is 0 Å². The van der Waals surface area contributed by atoms with Crippen molar-refractivity contribution in [3.05, 3.63) is 29.8 Å². The van der Waals surface area contributed by atoms with Crippen LogP contribution in [-0.4, -0.2) is 26.8 Å². The number of sulfonamides is 1. The fourth-order valence-electron chi connectivity index (χ4n) is 1.24. The van der Waals surface area contributed by atoms with Crippen LogP contribution in [0.2, 0.25) is 0 Å². The Morgan fingerprint density at radius 2 is 2.00 bits per heavy atom. The van der Waals surface area contributed by atoms with Gasteiger partial charge < -0.3 is 10.6 Å². The monoisotopic (exact) mass is 312 g/mol. The van der Waals surface area contributed by atoms with Crippen molar-refractivity contribution >= 4 is 21.7 Å². The van der Waals surface area contributed by atoms with Crippen molar-refractivity contribution in [2.45, 2.75) is 12.7 Å². The van der Waals surface area contributed by atoms with Crippen molar-refractivity contribution in [2.75, 3.05) is 10.7 Å². The predicted molar refractivity (Wildman–Crippen MR) is 63.8 cm³/mol. The number of benzene rings is 1. The lowest BCUT2D eigenvalue weighted by Crippen LogP contribution is -2.38. The second-order valence-corrected chi connectivity index (χ2v) is 5.54. The Morgan fingerprint density at radius 1 is 1.40 bits per heavy atom. The van der Waals surface area contributed by atoms with Gasteiger partial charge >= 0.3 is 12.1 Å². The quantitative estimate of drug-likeness (QED) is 0.835. The first-order valence-electron chi connectivity index (χ1n) is 5.14. The van der Waals surface area contributed by atoms with Gasteiger partial charge in [0, 0.05) is 6.54 Å². The molecule has 1 aromatic carbocycles. The molecule has 10 heteroatoms. The molecule has 6 nitrogen and oxygen atoms in total. The van der Waals surface area contributed by atoms with E-state index in [-0.39, 0.29) is 16.7 Å². The maximum Gasteiger partial charge on any atom is 0.493 e. The third-order valence-corrected chi connectivity index (χ3v) is 2.94. The van der Waals surface area contributed by atoms with Crippen LogP contribution in [0.25, 0.3) is 0 Å². The van der Waals surface area contributed by atoms with E-state index in [1.807, 2.05) is 0 Å². The van der Waals surface area contributed by atoms with E-state index in [1.165, 1.54) is 24.3 Å². The highest BCUT2D eigenvalue weighted by atomic mass is 32.2. The van der Waals surface area contributed by atoms with Crippen LogP contribution in [0, 0.1) is 0 Å². The average Bonchev–Trinajstić information content (AvgIpc) is 2.33. The molecule has 0 amide bonds. The number of nitrogens with zero attached hydrogens (tertiary/aromatic N) is 1. The fraction of sp³-hybridized carbons (Fsp3) is 0.300. The van der Waals surface area contributed by atoms with E-state index in [1.54, 1.807) is 0 Å². The zero-order chi connectivity index (χ0) is 15.6. The zero-order valence-electron chi connectivity index (χ0n) is 10.2. The number of halogens is 3. The first kappa shape index (κ1) is 16.2. The van der Waals surface area contributed by atoms with Gasteiger partial charge in [-0.1, -0.05) is 16.6 Å². The molecule has 0 aliphatic carbocycles. The predicted octanol–water partition coefficient (Wildman–Crippen LogP) is 0.932. The topological polar surface area (TPSA) is 89.7 Å². The van der Waals surface area contributed by atoms with Crippen molar-refractivity contribution in [2.24, 2.45) is 5.73 Å². The van der Waals surface area contributed by atoms with Crippen molar-refractivity contribution in [3.63, 3.8) is 0 Å². The van der Waals surface area contributed by atoms with Crippen LogP contribution in [0.4, 0.5) is 18.9 Å². The van der Waals surface area contributed by atoms with Gasteiger partial charge in [-0.3, -0.25) is 0 Å². The Labute approximate surface area is 112 Å². The van der Waals surface area contributed by atoms with Crippen LogP contribution in [0.5, 0.6) is 0 Å². The lowest BCUT2D eigenvalue weighted by molar-refractivity contribution is -0.199. The van der Waals surface area contributed by atoms with Crippen LogP contribution in [0.15, 0.2) is 24.3 Å². The Balaban J connectivity index is 3.17. The number of rotatable bonds is 4. The summed E-state index contributed by atoms with van der Waals surface area (Å²) in [5.41, 5.74) is 5.54. The van der Waals surface area contributed by atoms with Crippen LogP contribution >= 0.6 is 0 Å². The van der Waals surface area contributed by atoms with Crippen molar-refractivity contribution in [3.8, 4) is 0 Å². The summed E-state index contributed by atoms with van der Waals surface area (Å²) >= 11 is 0. The van der Waals surface area contributed by atoms with Gasteiger partial charge in [-0.15, -0.1) is 0 Å². The molecule has 0 unspecified atom stereocenters. The van der Waals surface area contributed by atoms with Gasteiger partial charge in [0.2, 0.25) is 0 Å². The average molecular weight is 312 g/mol. The van der Waals surface area contributed by atoms with E-state index in [0.717, 1.165) is 0 Å². The molecule has 0 aromatic heterocycles. The van der Waals surface area contributed by atoms with Crippen LogP contribution < -0.4 is 10.2 Å². The molecule has 0 saturated carbocycles. The third-order valence-electron chi connectivity index (χ3n) is 2.06. The number of anilines is 1. The van der Waals surface area contributed by atoms with Crippen molar-refractivity contribution in [1.29, 1.82) is 0 Å². The molecular formula is C10H11F3N2O4S. The van der Waals surface area contributed by atoms with Gasteiger partial charge in [0.05, 0.1) is 11.9 Å². The number of hydrogen-bond acceptors (Lipinski definition) is 5. The Morgan fingerprint density at radius 3 is 2.45 bits per heavy atom. The van der Waals surface area contributed by atoms with Gasteiger partial charge in [0.1, 0.15) is 0 Å². The molecule has 0 bridgehead atoms. The highest BCUT2D eigenvalue weighted by molar-refractivity contribution is 7.91. The molecule has 112 valence electrons. The molecule has 2 N–H and O–H groups in total. The Kier molecular flexibility index (Phi) is 4.61. The number of carbonyl (C=O) groups is 1. The lowest BCUT2D eigenvalue weighted by atomic mass is 10.2. The zero-order valence-corrected chi connectivity index (χ0v) is 11.0. The summed E-state index contributed by atoms with van der Waals surface area (Å²) < 4.78 is 59.2. The minimum atomic E-state index is -5.31. The van der Waals surface area contributed by atoms with Gasteiger partial charge in [-0.25, -0.2) is 13.2 Å². The highest BCUT2D eigenvalue weighted by Gasteiger charge is 2.44. The molecule has 0 atom stereocenters. The summed E-state index contributed by atoms with van der Waals surface area (Å²) in [6, 6.07) is 5.28. The number of nitrogens with two attached hydrogens (primary N) is 1. The molecular weight excluding hydrogens is 301 g/mol. The molecule has 1 aromatic rings. The van der Waals surface area contributed by atoms with E-state index in [2.05, 4.69) is 4.84 Å². The molecule has 20 heavy (non-hydrogen) atoms. The van der Waals surface area contributed by atoms with Crippen LogP contribution in [0.1, 0.15) is 5.56 Å². The first-order chi connectivity index (χ1) is 9.05. The van der Waals surface area contributed by atoms with Gasteiger partial charge in [0.25, 0.3) is 10.0 Å². The molecule has 1 rings (SSSR count). The normalized spacial score (nSPS) is 12.1. The molecule has 0 saturated heterocycles.